The number of hydrogen-bond donors (Lipinski definition) is 0. The van der Waals surface area contributed by atoms with E-state index < -0.39 is 0 Å². The van der Waals surface area contributed by atoms with Gasteiger partial charge >= 0.3 is 0 Å². The highest BCUT2D eigenvalue weighted by Crippen LogP contribution is 2.45. The van der Waals surface area contributed by atoms with Crippen molar-refractivity contribution >= 4 is 130 Å². The van der Waals surface area contributed by atoms with Crippen LogP contribution in [0.3, 0.4) is 0 Å². The molecule has 19 aromatic carbocycles. The molecule has 5 heteroatoms. The maximum Gasteiger partial charge on any atom is 0.189 e. The fraction of sp³-hybridized carbons (Fsp3) is 0. The van der Waals surface area contributed by atoms with E-state index in [0.717, 1.165) is 83.4 Å². The van der Waals surface area contributed by atoms with Gasteiger partial charge in [0.05, 0.1) is 35.6 Å². The number of pyridine rings is 1. The van der Waals surface area contributed by atoms with Crippen LogP contribution < -0.4 is 0 Å². The van der Waals surface area contributed by atoms with E-state index >= 15 is 0 Å². The molecule has 0 aliphatic carbocycles. The first-order valence-electron chi connectivity index (χ1n) is 36.6. The van der Waals surface area contributed by atoms with Gasteiger partial charge in [-0.15, -0.1) is 0 Å². The number of benzene rings is 19. The lowest BCUT2D eigenvalue weighted by Crippen LogP contribution is -1.93. The maximum atomic E-state index is 7.62. The molecule has 108 heavy (non-hydrogen) atoms. The maximum absolute atomic E-state index is 7.62. The SMILES string of the molecule is [C-]#[N+]c1ccc2c3ccc(-c4ccc(-c5cc6ccc7cc(-c8ccc9ccccc9c8)cc8ccc(c5)c6c78)cc4)cc3n(-c3ccccc3)c2c1.[C-]#[N+]c1ccc2c3ccc(-c4ccc(-c5cc6ccc7cc(-c8cccc(-c9ccccc9)n8)cc8ccc(c5)c6c78)cc4)cc3n(-c3ccccc3)c2c1. The molecular formula is C103H61N5. The summed E-state index contributed by atoms with van der Waals surface area (Å²) in [5.41, 5.74) is 23.9. The molecule has 0 aliphatic rings. The molecule has 0 spiro atoms. The van der Waals surface area contributed by atoms with E-state index in [-0.39, 0.29) is 0 Å². The molecule has 0 unspecified atom stereocenters. The van der Waals surface area contributed by atoms with Crippen molar-refractivity contribution in [2.75, 3.05) is 0 Å². The Morgan fingerprint density at radius 1 is 0.194 bits per heavy atom. The van der Waals surface area contributed by atoms with Crippen molar-refractivity contribution in [3.8, 4) is 89.5 Å². The van der Waals surface area contributed by atoms with E-state index in [4.69, 9.17) is 18.1 Å². The fourth-order valence-corrected chi connectivity index (χ4v) is 17.0. The molecular weight excluding hydrogens is 1310 g/mol. The average Bonchev–Trinajstić information content (AvgIpc) is 1.14. The molecule has 0 saturated heterocycles. The Labute approximate surface area is 622 Å². The van der Waals surface area contributed by atoms with Crippen molar-refractivity contribution in [1.29, 1.82) is 0 Å². The van der Waals surface area contributed by atoms with Crippen LogP contribution in [0.15, 0.2) is 370 Å². The van der Waals surface area contributed by atoms with Crippen molar-refractivity contribution in [2.45, 2.75) is 0 Å². The molecule has 22 rings (SSSR count). The Bertz CT molecular complexity index is 7330. The highest BCUT2D eigenvalue weighted by molar-refractivity contribution is 6.26. The monoisotopic (exact) mass is 1370 g/mol. The number of nitrogens with zero attached hydrogens (tertiary/aromatic N) is 5. The van der Waals surface area contributed by atoms with Crippen LogP contribution in [-0.2, 0) is 0 Å². The molecule has 0 saturated carbocycles. The average molecular weight is 1370 g/mol. The number of aromatic nitrogens is 3. The summed E-state index contributed by atoms with van der Waals surface area (Å²) in [6, 6.07) is 133. The van der Waals surface area contributed by atoms with E-state index in [1.807, 2.05) is 42.5 Å². The Kier molecular flexibility index (Phi) is 14.3. The zero-order valence-electron chi connectivity index (χ0n) is 58.5. The normalized spacial score (nSPS) is 11.7. The number of hydrogen-bond acceptors (Lipinski definition) is 1. The van der Waals surface area contributed by atoms with Crippen LogP contribution in [0, 0.1) is 13.1 Å². The quantitative estimate of drug-likeness (QED) is 0.105. The third kappa shape index (κ3) is 10.4. The van der Waals surface area contributed by atoms with Crippen molar-refractivity contribution in [2.24, 2.45) is 0 Å². The van der Waals surface area contributed by atoms with Crippen molar-refractivity contribution < 1.29 is 0 Å². The molecule has 5 nitrogen and oxygen atoms in total. The summed E-state index contributed by atoms with van der Waals surface area (Å²) < 4.78 is 4.56. The van der Waals surface area contributed by atoms with E-state index in [1.165, 1.54) is 125 Å². The summed E-state index contributed by atoms with van der Waals surface area (Å²) in [6.07, 6.45) is 0. The second-order valence-corrected chi connectivity index (χ2v) is 28.4. The first-order valence-corrected chi connectivity index (χ1v) is 36.6. The third-order valence-electron chi connectivity index (χ3n) is 22.2. The molecule has 0 radical (unpaired) electrons. The lowest BCUT2D eigenvalue weighted by molar-refractivity contribution is 1.18. The number of fused-ring (bicyclic) bond motifs is 7. The molecule has 0 N–H and O–H groups in total. The standard InChI is InChI=1S/C52H31N3.C51H30N2/c1-53-43-24-26-46-45-25-23-36(31-49(45)55(50(46)32-43)44-11-6-3-7-12-44)33-15-17-34(18-16-33)41-27-37-19-21-39-29-42(30-40-22-20-38(28-41)51(37)52(39)40)48-14-8-13-47(54-48)35-9-4-2-5-10-35;1-52-44-22-24-47-46-23-21-37(30-48(46)53(49(47)31-44)45-9-3-2-4-10-45)33-11-13-34(14-12-33)42-26-38-17-19-40-28-43(29-41-20-18-39(27-42)50(38)51(40)41)36-16-15-32-7-5-6-8-35(32)25-36/h2-32H;2-31H. The molecule has 3 heterocycles. The van der Waals surface area contributed by atoms with Gasteiger partial charge in [0, 0.05) is 55.1 Å². The van der Waals surface area contributed by atoms with E-state index in [1.54, 1.807) is 0 Å². The van der Waals surface area contributed by atoms with Gasteiger partial charge in [0.2, 0.25) is 0 Å². The van der Waals surface area contributed by atoms with Crippen molar-refractivity contribution in [3.63, 3.8) is 0 Å². The lowest BCUT2D eigenvalue weighted by Gasteiger charge is -2.15. The minimum absolute atomic E-state index is 0.641. The minimum Gasteiger partial charge on any atom is -0.310 e. The van der Waals surface area contributed by atoms with Gasteiger partial charge in [-0.05, 0) is 246 Å². The van der Waals surface area contributed by atoms with E-state index in [2.05, 4.69) is 346 Å². The van der Waals surface area contributed by atoms with Crippen LogP contribution >= 0.6 is 0 Å². The van der Waals surface area contributed by atoms with Gasteiger partial charge in [0.1, 0.15) is 0 Å². The molecule has 498 valence electrons. The summed E-state index contributed by atoms with van der Waals surface area (Å²) >= 11 is 0. The highest BCUT2D eigenvalue weighted by Gasteiger charge is 2.20. The van der Waals surface area contributed by atoms with Gasteiger partial charge in [-0.2, -0.15) is 0 Å². The Hall–Kier alpha value is -14.8. The summed E-state index contributed by atoms with van der Waals surface area (Å²) in [4.78, 5) is 12.5. The van der Waals surface area contributed by atoms with Crippen molar-refractivity contribution in [3.05, 3.63) is 393 Å². The largest absolute Gasteiger partial charge is 0.310 e. The van der Waals surface area contributed by atoms with Crippen LogP contribution in [0.5, 0.6) is 0 Å². The molecule has 3 aromatic heterocycles. The fourth-order valence-electron chi connectivity index (χ4n) is 17.0. The van der Waals surface area contributed by atoms with Crippen molar-refractivity contribution in [1.82, 2.24) is 14.1 Å². The molecule has 0 amide bonds. The third-order valence-corrected chi connectivity index (χ3v) is 22.2. The summed E-state index contributed by atoms with van der Waals surface area (Å²) in [7, 11) is 0. The summed E-state index contributed by atoms with van der Waals surface area (Å²) in [5, 5.41) is 22.5. The van der Waals surface area contributed by atoms with E-state index in [9.17, 15) is 0 Å². The first kappa shape index (κ1) is 61.9. The van der Waals surface area contributed by atoms with Gasteiger partial charge in [0.15, 0.2) is 11.4 Å². The molecule has 0 atom stereocenters. The van der Waals surface area contributed by atoms with Crippen LogP contribution in [0.1, 0.15) is 0 Å². The zero-order valence-corrected chi connectivity index (χ0v) is 58.5. The summed E-state index contributed by atoms with van der Waals surface area (Å²) in [5.74, 6) is 0. The minimum atomic E-state index is 0.641. The summed E-state index contributed by atoms with van der Waals surface area (Å²) in [6.45, 7) is 15.2. The van der Waals surface area contributed by atoms with Crippen LogP contribution in [0.4, 0.5) is 11.4 Å². The Morgan fingerprint density at radius 3 is 0.889 bits per heavy atom. The molecule has 0 aliphatic heterocycles. The lowest BCUT2D eigenvalue weighted by atomic mass is 9.89. The topological polar surface area (TPSA) is 31.5 Å². The van der Waals surface area contributed by atoms with Gasteiger partial charge < -0.3 is 9.13 Å². The predicted octanol–water partition coefficient (Wildman–Crippen LogP) is 28.7. The van der Waals surface area contributed by atoms with Gasteiger partial charge in [-0.1, -0.05) is 255 Å². The molecule has 0 fully saturated rings. The first-order chi connectivity index (χ1) is 53.4. The van der Waals surface area contributed by atoms with Crippen LogP contribution in [-0.4, -0.2) is 14.1 Å². The van der Waals surface area contributed by atoms with E-state index in [0.29, 0.717) is 11.4 Å². The zero-order chi connectivity index (χ0) is 71.5. The Balaban J connectivity index is 0.000000138. The smallest absolute Gasteiger partial charge is 0.189 e. The molecule has 0 bridgehead atoms. The van der Waals surface area contributed by atoms with Gasteiger partial charge in [-0.25, -0.2) is 14.7 Å². The number of rotatable bonds is 9. The number of para-hydroxylation sites is 2. The highest BCUT2D eigenvalue weighted by atomic mass is 15.0. The molecule has 22 aromatic rings. The second kappa shape index (κ2) is 25.0. The Morgan fingerprint density at radius 2 is 0.481 bits per heavy atom. The second-order valence-electron chi connectivity index (χ2n) is 28.4. The van der Waals surface area contributed by atoms with Gasteiger partial charge in [-0.3, -0.25) is 0 Å². The van der Waals surface area contributed by atoms with Gasteiger partial charge in [0.25, 0.3) is 0 Å². The van der Waals surface area contributed by atoms with Crippen LogP contribution in [0.25, 0.3) is 218 Å². The van der Waals surface area contributed by atoms with Crippen LogP contribution in [0.2, 0.25) is 0 Å². The predicted molar refractivity (Wildman–Crippen MR) is 455 cm³/mol.